The average molecular weight is 401 g/mol. The van der Waals surface area contributed by atoms with Gasteiger partial charge in [-0.25, -0.2) is 4.98 Å². The molecule has 4 heteroatoms. The first-order valence-corrected chi connectivity index (χ1v) is 10.8. The van der Waals surface area contributed by atoms with E-state index in [4.69, 9.17) is 4.98 Å². The monoisotopic (exact) mass is 400 g/mol. The Bertz CT molecular complexity index is 1200. The number of hydrogen-bond acceptors (Lipinski definition) is 3. The Labute approximate surface area is 175 Å². The van der Waals surface area contributed by atoms with E-state index in [1.807, 2.05) is 47.0 Å². The molecule has 0 spiro atoms. The number of thioether (sulfide) groups is 1. The third-order valence-corrected chi connectivity index (χ3v) is 6.18. The van der Waals surface area contributed by atoms with Crippen molar-refractivity contribution in [1.82, 2.24) is 9.55 Å². The fourth-order valence-electron chi connectivity index (χ4n) is 3.44. The van der Waals surface area contributed by atoms with E-state index in [0.717, 1.165) is 22.8 Å². The van der Waals surface area contributed by atoms with Crippen molar-refractivity contribution in [2.75, 3.05) is 0 Å². The number of rotatable bonds is 6. The molecule has 3 aromatic carbocycles. The summed E-state index contributed by atoms with van der Waals surface area (Å²) >= 11 is 1.64. The molecule has 1 heterocycles. The molecular weight excluding hydrogens is 376 g/mol. The van der Waals surface area contributed by atoms with Crippen LogP contribution in [0.1, 0.15) is 22.3 Å². The van der Waals surface area contributed by atoms with Crippen molar-refractivity contribution in [3.8, 4) is 0 Å². The Morgan fingerprint density at radius 1 is 0.931 bits per heavy atom. The molecule has 0 aliphatic heterocycles. The van der Waals surface area contributed by atoms with Gasteiger partial charge in [0.05, 0.1) is 10.9 Å². The van der Waals surface area contributed by atoms with E-state index >= 15 is 0 Å². The SMILES string of the molecule is Cc1ccc(C)c(CSc2nc3ccccc3c(=O)n2CCc2ccccc2)c1. The molecule has 3 nitrogen and oxygen atoms in total. The summed E-state index contributed by atoms with van der Waals surface area (Å²) in [5, 5.41) is 1.46. The summed E-state index contributed by atoms with van der Waals surface area (Å²) in [6.07, 6.45) is 0.803. The Balaban J connectivity index is 1.68. The zero-order valence-corrected chi connectivity index (χ0v) is 17.6. The Morgan fingerprint density at radius 3 is 2.52 bits per heavy atom. The van der Waals surface area contributed by atoms with Crippen molar-refractivity contribution in [2.24, 2.45) is 0 Å². The van der Waals surface area contributed by atoms with Crippen LogP contribution < -0.4 is 5.56 Å². The second kappa shape index (κ2) is 8.66. The lowest BCUT2D eigenvalue weighted by atomic mass is 10.1. The number of aromatic nitrogens is 2. The van der Waals surface area contributed by atoms with Crippen LogP contribution in [-0.2, 0) is 18.7 Å². The van der Waals surface area contributed by atoms with E-state index < -0.39 is 0 Å². The van der Waals surface area contributed by atoms with E-state index in [9.17, 15) is 4.79 Å². The lowest BCUT2D eigenvalue weighted by Crippen LogP contribution is -2.24. The van der Waals surface area contributed by atoms with Gasteiger partial charge in [0, 0.05) is 12.3 Å². The second-order valence-corrected chi connectivity index (χ2v) is 8.27. The van der Waals surface area contributed by atoms with Crippen LogP contribution in [0.3, 0.4) is 0 Å². The van der Waals surface area contributed by atoms with E-state index in [1.54, 1.807) is 11.8 Å². The molecule has 0 saturated carbocycles. The van der Waals surface area contributed by atoms with Crippen LogP contribution in [-0.4, -0.2) is 9.55 Å². The highest BCUT2D eigenvalue weighted by Gasteiger charge is 2.12. The molecule has 4 rings (SSSR count). The average Bonchev–Trinajstić information content (AvgIpc) is 2.74. The van der Waals surface area contributed by atoms with Gasteiger partial charge in [-0.1, -0.05) is 78.0 Å². The number of aryl methyl sites for hydroxylation is 3. The van der Waals surface area contributed by atoms with E-state index in [1.165, 1.54) is 22.3 Å². The van der Waals surface area contributed by atoms with E-state index in [0.29, 0.717) is 11.9 Å². The highest BCUT2D eigenvalue weighted by Crippen LogP contribution is 2.24. The first-order valence-electron chi connectivity index (χ1n) is 9.84. The fourth-order valence-corrected chi connectivity index (χ4v) is 4.53. The minimum absolute atomic E-state index is 0.0370. The minimum Gasteiger partial charge on any atom is -0.287 e. The van der Waals surface area contributed by atoms with Crippen LogP contribution in [0, 0.1) is 13.8 Å². The highest BCUT2D eigenvalue weighted by atomic mass is 32.2. The number of para-hydroxylation sites is 1. The molecule has 0 N–H and O–H groups in total. The van der Waals surface area contributed by atoms with Crippen molar-refractivity contribution in [2.45, 2.75) is 37.7 Å². The lowest BCUT2D eigenvalue weighted by Gasteiger charge is -2.14. The topological polar surface area (TPSA) is 34.9 Å². The molecule has 0 aliphatic rings. The molecule has 29 heavy (non-hydrogen) atoms. The maximum Gasteiger partial charge on any atom is 0.262 e. The largest absolute Gasteiger partial charge is 0.287 e. The van der Waals surface area contributed by atoms with Gasteiger partial charge in [0.25, 0.3) is 5.56 Å². The van der Waals surface area contributed by atoms with Crippen LogP contribution in [0.2, 0.25) is 0 Å². The molecule has 0 fully saturated rings. The summed E-state index contributed by atoms with van der Waals surface area (Å²) in [5.41, 5.74) is 5.82. The normalized spacial score (nSPS) is 11.1. The molecule has 0 atom stereocenters. The molecule has 146 valence electrons. The van der Waals surface area contributed by atoms with Crippen molar-refractivity contribution < 1.29 is 0 Å². The predicted molar refractivity (Wildman–Crippen MR) is 122 cm³/mol. The highest BCUT2D eigenvalue weighted by molar-refractivity contribution is 7.98. The van der Waals surface area contributed by atoms with E-state index in [-0.39, 0.29) is 5.56 Å². The Hall–Kier alpha value is -2.85. The van der Waals surface area contributed by atoms with Gasteiger partial charge >= 0.3 is 0 Å². The van der Waals surface area contributed by atoms with Gasteiger partial charge in [-0.3, -0.25) is 9.36 Å². The van der Waals surface area contributed by atoms with Crippen molar-refractivity contribution in [3.05, 3.63) is 105 Å². The zero-order chi connectivity index (χ0) is 20.2. The standard InChI is InChI=1S/C25H24N2OS/c1-18-12-13-19(2)21(16-18)17-29-25-26-23-11-7-6-10-22(23)24(28)27(25)15-14-20-8-4-3-5-9-20/h3-13,16H,14-15,17H2,1-2H3. The number of fused-ring (bicyclic) bond motifs is 1. The first kappa shape index (κ1) is 19.5. The van der Waals surface area contributed by atoms with Gasteiger partial charge in [0.1, 0.15) is 0 Å². The van der Waals surface area contributed by atoms with Gasteiger partial charge in [-0.15, -0.1) is 0 Å². The van der Waals surface area contributed by atoms with Crippen LogP contribution >= 0.6 is 11.8 Å². The van der Waals surface area contributed by atoms with Gasteiger partial charge in [0.15, 0.2) is 5.16 Å². The molecule has 4 aromatic rings. The second-order valence-electron chi connectivity index (χ2n) is 7.32. The van der Waals surface area contributed by atoms with Gasteiger partial charge < -0.3 is 0 Å². The Kier molecular flexibility index (Phi) is 5.81. The van der Waals surface area contributed by atoms with E-state index in [2.05, 4.69) is 44.2 Å². The number of hydrogen-bond donors (Lipinski definition) is 0. The molecule has 0 bridgehead atoms. The molecule has 0 amide bonds. The van der Waals surface area contributed by atoms with Gasteiger partial charge in [-0.05, 0) is 49.1 Å². The molecule has 0 unspecified atom stereocenters. The summed E-state index contributed by atoms with van der Waals surface area (Å²) < 4.78 is 1.84. The zero-order valence-electron chi connectivity index (χ0n) is 16.8. The number of nitrogens with zero attached hydrogens (tertiary/aromatic N) is 2. The van der Waals surface area contributed by atoms with Crippen LogP contribution in [0.4, 0.5) is 0 Å². The lowest BCUT2D eigenvalue weighted by molar-refractivity contribution is 0.595. The first-order chi connectivity index (χ1) is 14.1. The van der Waals surface area contributed by atoms with Crippen LogP contribution in [0.5, 0.6) is 0 Å². The molecular formula is C25H24N2OS. The maximum absolute atomic E-state index is 13.2. The van der Waals surface area contributed by atoms with Crippen LogP contribution in [0.25, 0.3) is 10.9 Å². The van der Waals surface area contributed by atoms with Crippen LogP contribution in [0.15, 0.2) is 82.7 Å². The predicted octanol–water partition coefficient (Wildman–Crippen LogP) is 5.55. The summed E-state index contributed by atoms with van der Waals surface area (Å²) in [6, 6.07) is 24.4. The Morgan fingerprint density at radius 2 is 1.69 bits per heavy atom. The quantitative estimate of drug-likeness (QED) is 0.314. The fraction of sp³-hybridized carbons (Fsp3) is 0.200. The third-order valence-electron chi connectivity index (χ3n) is 5.15. The molecule has 0 radical (unpaired) electrons. The van der Waals surface area contributed by atoms with Crippen molar-refractivity contribution >= 4 is 22.7 Å². The van der Waals surface area contributed by atoms with Crippen molar-refractivity contribution in [1.29, 1.82) is 0 Å². The molecule has 0 saturated heterocycles. The summed E-state index contributed by atoms with van der Waals surface area (Å²) in [5.74, 6) is 0.795. The summed E-state index contributed by atoms with van der Waals surface area (Å²) in [6.45, 7) is 4.86. The minimum atomic E-state index is 0.0370. The third kappa shape index (κ3) is 4.43. The van der Waals surface area contributed by atoms with Crippen molar-refractivity contribution in [3.63, 3.8) is 0 Å². The summed E-state index contributed by atoms with van der Waals surface area (Å²) in [4.78, 5) is 18.1. The number of benzene rings is 3. The van der Waals surface area contributed by atoms with Gasteiger partial charge in [-0.2, -0.15) is 0 Å². The smallest absolute Gasteiger partial charge is 0.262 e. The summed E-state index contributed by atoms with van der Waals surface area (Å²) in [7, 11) is 0. The molecule has 1 aromatic heterocycles. The van der Waals surface area contributed by atoms with Gasteiger partial charge in [0.2, 0.25) is 0 Å². The maximum atomic E-state index is 13.2. The molecule has 0 aliphatic carbocycles.